The Morgan fingerprint density at radius 3 is 1.72 bits per heavy atom. The number of ether oxygens (including phenoxy) is 3. The van der Waals surface area contributed by atoms with E-state index in [0.717, 1.165) is 77.0 Å². The summed E-state index contributed by atoms with van der Waals surface area (Å²) in [5.74, 6) is -1.31. The molecule has 6 N–H and O–H groups in total. The molecule has 0 aromatic heterocycles. The van der Waals surface area contributed by atoms with Crippen molar-refractivity contribution >= 4 is 11.9 Å². The first-order chi connectivity index (χ1) is 33.7. The van der Waals surface area contributed by atoms with E-state index in [4.69, 9.17) is 14.2 Å². The van der Waals surface area contributed by atoms with E-state index in [0.29, 0.717) is 12.8 Å². The Morgan fingerprint density at radius 2 is 1.10 bits per heavy atom. The quantitative estimate of drug-likeness (QED) is 0.0149. The van der Waals surface area contributed by atoms with Gasteiger partial charge in [-0.2, -0.15) is 0 Å². The molecule has 0 aromatic rings. The fourth-order valence-corrected chi connectivity index (χ4v) is 7.47. The fourth-order valence-electron chi connectivity index (χ4n) is 7.47. The summed E-state index contributed by atoms with van der Waals surface area (Å²) in [5.41, 5.74) is 0. The van der Waals surface area contributed by atoms with Crippen LogP contribution in [0.4, 0.5) is 0 Å². The number of carbonyl (C=O) groups is 2. The lowest BCUT2D eigenvalue weighted by atomic mass is 9.99. The van der Waals surface area contributed by atoms with Crippen molar-refractivity contribution in [2.24, 2.45) is 0 Å². The number of esters is 1. The summed E-state index contributed by atoms with van der Waals surface area (Å²) in [6.45, 7) is 5.50. The average Bonchev–Trinajstić information content (AvgIpc) is 3.34. The first kappa shape index (κ1) is 63.3. The highest BCUT2D eigenvalue weighted by Gasteiger charge is 2.47. The van der Waals surface area contributed by atoms with Crippen LogP contribution < -0.4 is 5.32 Å². The number of hydrogen-bond acceptors (Lipinski definition) is 10. The highest BCUT2D eigenvalue weighted by atomic mass is 16.7. The molecule has 1 heterocycles. The minimum absolute atomic E-state index is 0.0647. The van der Waals surface area contributed by atoms with Crippen LogP contribution in [-0.2, 0) is 23.8 Å². The molecule has 1 amide bonds. The maximum atomic E-state index is 13.3. The van der Waals surface area contributed by atoms with Crippen molar-refractivity contribution in [2.75, 3.05) is 13.2 Å². The summed E-state index contributed by atoms with van der Waals surface area (Å²) in [7, 11) is 0. The molecule has 1 rings (SSSR count). The lowest BCUT2D eigenvalue weighted by Crippen LogP contribution is -2.61. The predicted octanol–water partition coefficient (Wildman–Crippen LogP) is 11.4. The van der Waals surface area contributed by atoms with Crippen molar-refractivity contribution in [1.82, 2.24) is 5.32 Å². The van der Waals surface area contributed by atoms with Crippen molar-refractivity contribution in [3.8, 4) is 0 Å². The molecular weight excluding hydrogens is 871 g/mol. The van der Waals surface area contributed by atoms with Crippen LogP contribution in [0.1, 0.15) is 181 Å². The topological polar surface area (TPSA) is 175 Å². The standard InChI is InChI=1S/C58H95NO10/c1-4-7-10-13-16-19-22-24-25-26-28-30-33-36-39-42-45-51(62)57(66)59-49(50(61)44-41-38-35-32-29-21-18-15-12-9-6-3)48-67-58-56(55(65)54(64)52(47-60)68-58)69-53(63)46-43-40-37-34-31-27-23-20-17-14-11-8-5-2/h8,11,14,16-17,19-20,23-25,27-28,30-31,36,39,41,44,49-52,54-56,58,60-62,64-65H,4-7,9-10,12-13,15,18,21-22,26,29,32-35,37-38,40,42-43,45-48H2,1-3H3,(H,59,66)/b11-8+,17-14+,19-16-,23-20-,25-24-,30-28-,31-27-,39-36-,44-41+. The summed E-state index contributed by atoms with van der Waals surface area (Å²) in [6.07, 6.45) is 50.1. The molecule has 0 radical (unpaired) electrons. The number of aliphatic hydroxyl groups is 5. The van der Waals surface area contributed by atoms with Crippen LogP contribution in [0.5, 0.6) is 0 Å². The minimum Gasteiger partial charge on any atom is -0.454 e. The molecule has 392 valence electrons. The SMILES string of the molecule is CC/C=C/C=C/C=C\C=C/CCCCCC(=O)OC1C(OCC(NC(=O)C(O)CC/C=C\C/C=C\C/C=C\C/C=C\CCCCC)C(O)/C=C/CCCCCCCCCCC)OC(CO)C(O)C1O. The van der Waals surface area contributed by atoms with Crippen LogP contribution in [0.25, 0.3) is 0 Å². The van der Waals surface area contributed by atoms with Gasteiger partial charge in [-0.1, -0.05) is 201 Å². The molecule has 0 aliphatic carbocycles. The van der Waals surface area contributed by atoms with E-state index in [-0.39, 0.29) is 19.4 Å². The first-order valence-electron chi connectivity index (χ1n) is 26.7. The van der Waals surface area contributed by atoms with Gasteiger partial charge in [0.1, 0.15) is 24.4 Å². The Labute approximate surface area is 418 Å². The molecule has 0 bridgehead atoms. The normalized spacial score (nSPS) is 20.7. The summed E-state index contributed by atoms with van der Waals surface area (Å²) >= 11 is 0. The highest BCUT2D eigenvalue weighted by Crippen LogP contribution is 2.26. The van der Waals surface area contributed by atoms with Crippen LogP contribution in [0, 0.1) is 0 Å². The number of rotatable bonds is 42. The van der Waals surface area contributed by atoms with Gasteiger partial charge in [0.15, 0.2) is 12.4 Å². The predicted molar refractivity (Wildman–Crippen MR) is 282 cm³/mol. The molecule has 0 saturated carbocycles. The first-order valence-corrected chi connectivity index (χ1v) is 26.7. The molecule has 1 saturated heterocycles. The van der Waals surface area contributed by atoms with Crippen LogP contribution in [0.3, 0.4) is 0 Å². The molecular formula is C58H95NO10. The van der Waals surface area contributed by atoms with E-state index in [1.54, 1.807) is 6.08 Å². The van der Waals surface area contributed by atoms with Gasteiger partial charge < -0.3 is 45.1 Å². The Hall–Kier alpha value is -3.68. The largest absolute Gasteiger partial charge is 0.454 e. The third kappa shape index (κ3) is 34.3. The van der Waals surface area contributed by atoms with E-state index in [1.807, 2.05) is 54.7 Å². The van der Waals surface area contributed by atoms with Gasteiger partial charge in [0.05, 0.1) is 25.4 Å². The van der Waals surface area contributed by atoms with Gasteiger partial charge in [-0.15, -0.1) is 0 Å². The Bertz CT molecular complexity index is 1530. The zero-order chi connectivity index (χ0) is 50.4. The van der Waals surface area contributed by atoms with E-state index in [1.165, 1.54) is 57.8 Å². The minimum atomic E-state index is -1.64. The fraction of sp³-hybridized carbons (Fsp3) is 0.655. The van der Waals surface area contributed by atoms with Gasteiger partial charge in [-0.05, 0) is 83.5 Å². The molecule has 11 nitrogen and oxygen atoms in total. The van der Waals surface area contributed by atoms with E-state index in [9.17, 15) is 35.1 Å². The molecule has 11 heteroatoms. The van der Waals surface area contributed by atoms with E-state index < -0.39 is 67.4 Å². The Balaban J connectivity index is 2.84. The molecule has 8 atom stereocenters. The second-order valence-electron chi connectivity index (χ2n) is 18.0. The van der Waals surface area contributed by atoms with Crippen molar-refractivity contribution in [3.63, 3.8) is 0 Å². The third-order valence-corrected chi connectivity index (χ3v) is 11.8. The summed E-state index contributed by atoms with van der Waals surface area (Å²) < 4.78 is 17.4. The molecule has 1 aliphatic rings. The summed E-state index contributed by atoms with van der Waals surface area (Å²) in [5, 5.41) is 56.5. The molecule has 69 heavy (non-hydrogen) atoms. The Kier molecular flexibility index (Phi) is 41.7. The zero-order valence-electron chi connectivity index (χ0n) is 42.9. The van der Waals surface area contributed by atoms with Gasteiger partial charge in [0.25, 0.3) is 0 Å². The number of nitrogens with one attached hydrogen (secondary N) is 1. The number of unbranched alkanes of at least 4 members (excludes halogenated alkanes) is 15. The monoisotopic (exact) mass is 966 g/mol. The van der Waals surface area contributed by atoms with Gasteiger partial charge >= 0.3 is 5.97 Å². The third-order valence-electron chi connectivity index (χ3n) is 11.8. The van der Waals surface area contributed by atoms with Crippen molar-refractivity contribution < 1.29 is 49.3 Å². The molecule has 8 unspecified atom stereocenters. The van der Waals surface area contributed by atoms with E-state index >= 15 is 0 Å². The molecule has 0 spiro atoms. The number of amides is 1. The highest BCUT2D eigenvalue weighted by molar-refractivity contribution is 5.80. The van der Waals surface area contributed by atoms with Crippen LogP contribution in [0.2, 0.25) is 0 Å². The van der Waals surface area contributed by atoms with Gasteiger partial charge in [0, 0.05) is 6.42 Å². The lowest BCUT2D eigenvalue weighted by molar-refractivity contribution is -0.305. The molecule has 1 fully saturated rings. The van der Waals surface area contributed by atoms with Gasteiger partial charge in [0.2, 0.25) is 5.91 Å². The maximum absolute atomic E-state index is 13.3. The van der Waals surface area contributed by atoms with E-state index in [2.05, 4.69) is 74.7 Å². The smallest absolute Gasteiger partial charge is 0.306 e. The average molecular weight is 966 g/mol. The molecule has 1 aliphatic heterocycles. The lowest BCUT2D eigenvalue weighted by Gasteiger charge is -2.41. The number of hydrogen-bond donors (Lipinski definition) is 6. The summed E-state index contributed by atoms with van der Waals surface area (Å²) in [6, 6.07) is -1.07. The van der Waals surface area contributed by atoms with Crippen molar-refractivity contribution in [2.45, 2.75) is 230 Å². The number of allylic oxidation sites excluding steroid dienone is 17. The molecule has 0 aromatic carbocycles. The number of carbonyl (C=O) groups excluding carboxylic acids is 2. The second kappa shape index (κ2) is 45.5. The summed E-state index contributed by atoms with van der Waals surface area (Å²) in [4.78, 5) is 26.3. The zero-order valence-corrected chi connectivity index (χ0v) is 42.9. The van der Waals surface area contributed by atoms with Crippen LogP contribution in [-0.4, -0.2) is 99.6 Å². The Morgan fingerprint density at radius 1 is 0.594 bits per heavy atom. The second-order valence-corrected chi connectivity index (χ2v) is 18.0. The van der Waals surface area contributed by atoms with Crippen molar-refractivity contribution in [1.29, 1.82) is 0 Å². The van der Waals surface area contributed by atoms with Crippen LogP contribution >= 0.6 is 0 Å². The van der Waals surface area contributed by atoms with Crippen LogP contribution in [0.15, 0.2) is 109 Å². The van der Waals surface area contributed by atoms with Crippen molar-refractivity contribution in [3.05, 3.63) is 109 Å². The maximum Gasteiger partial charge on any atom is 0.306 e. The number of aliphatic hydroxyl groups excluding tert-OH is 5. The van der Waals surface area contributed by atoms with Gasteiger partial charge in [-0.25, -0.2) is 0 Å². The van der Waals surface area contributed by atoms with Gasteiger partial charge in [-0.3, -0.25) is 9.59 Å².